The summed E-state index contributed by atoms with van der Waals surface area (Å²) in [6.07, 6.45) is 2.27. The summed E-state index contributed by atoms with van der Waals surface area (Å²) in [7, 11) is 0. The van der Waals surface area contributed by atoms with Gasteiger partial charge in [-0.1, -0.05) is 5.16 Å². The second-order valence-corrected chi connectivity index (χ2v) is 6.15. The fraction of sp³-hybridized carbons (Fsp3) is 0.588. The van der Waals surface area contributed by atoms with Crippen molar-refractivity contribution in [3.05, 3.63) is 35.0 Å². The normalized spacial score (nSPS) is 20.6. The van der Waals surface area contributed by atoms with Gasteiger partial charge in [-0.2, -0.15) is 5.10 Å². The van der Waals surface area contributed by atoms with E-state index in [9.17, 15) is 4.79 Å². The molecule has 3 heterocycles. The molecule has 1 aliphatic heterocycles. The van der Waals surface area contributed by atoms with Crippen molar-refractivity contribution in [2.75, 3.05) is 13.2 Å². The molecule has 1 aliphatic rings. The largest absolute Gasteiger partial charge is 0.379 e. The van der Waals surface area contributed by atoms with Crippen molar-refractivity contribution in [3.8, 4) is 0 Å². The number of carbonyl (C=O) groups is 1. The van der Waals surface area contributed by atoms with E-state index in [2.05, 4.69) is 15.6 Å². The molecule has 2 aromatic rings. The van der Waals surface area contributed by atoms with Crippen LogP contribution in [0, 0.1) is 13.8 Å². The standard InChI is InChI=1S/C17H24N4O4/c1-4-21-7-5-15(19-21)17(22)18-14-6-8-23-10-16(14)24-9-13-11(2)20-25-12(13)3/h5,7,14,16H,4,6,8-10H2,1-3H3,(H,18,22)/t14-,16-/m1/s1. The van der Waals surface area contributed by atoms with Gasteiger partial charge >= 0.3 is 0 Å². The second kappa shape index (κ2) is 7.79. The minimum Gasteiger partial charge on any atom is -0.379 e. The molecule has 0 radical (unpaired) electrons. The predicted molar refractivity (Wildman–Crippen MR) is 89.1 cm³/mol. The molecule has 0 unspecified atom stereocenters. The fourth-order valence-corrected chi connectivity index (χ4v) is 2.84. The zero-order valence-corrected chi connectivity index (χ0v) is 14.8. The molecule has 25 heavy (non-hydrogen) atoms. The van der Waals surface area contributed by atoms with Gasteiger partial charge in [0.2, 0.25) is 0 Å². The number of ether oxygens (including phenoxy) is 2. The highest BCUT2D eigenvalue weighted by Crippen LogP contribution is 2.18. The maximum atomic E-state index is 12.4. The Balaban J connectivity index is 1.61. The van der Waals surface area contributed by atoms with Gasteiger partial charge in [0, 0.05) is 24.9 Å². The Morgan fingerprint density at radius 2 is 2.32 bits per heavy atom. The van der Waals surface area contributed by atoms with Crippen molar-refractivity contribution in [2.45, 2.75) is 52.5 Å². The highest BCUT2D eigenvalue weighted by molar-refractivity contribution is 5.92. The Morgan fingerprint density at radius 3 is 3.00 bits per heavy atom. The van der Waals surface area contributed by atoms with Crippen molar-refractivity contribution in [1.82, 2.24) is 20.3 Å². The van der Waals surface area contributed by atoms with Crippen LogP contribution in [-0.4, -0.2) is 46.2 Å². The molecule has 8 nitrogen and oxygen atoms in total. The number of hydrogen-bond acceptors (Lipinski definition) is 6. The number of rotatable bonds is 6. The molecular weight excluding hydrogens is 324 g/mol. The minimum absolute atomic E-state index is 0.117. The summed E-state index contributed by atoms with van der Waals surface area (Å²) >= 11 is 0. The van der Waals surface area contributed by atoms with Crippen LogP contribution in [-0.2, 0) is 22.6 Å². The van der Waals surface area contributed by atoms with Gasteiger partial charge in [0.15, 0.2) is 0 Å². The number of hydrogen-bond donors (Lipinski definition) is 1. The number of nitrogens with zero attached hydrogens (tertiary/aromatic N) is 3. The van der Waals surface area contributed by atoms with Crippen LogP contribution in [0.15, 0.2) is 16.8 Å². The van der Waals surface area contributed by atoms with E-state index in [1.165, 1.54) is 0 Å². The maximum absolute atomic E-state index is 12.4. The molecule has 1 amide bonds. The van der Waals surface area contributed by atoms with Crippen LogP contribution < -0.4 is 5.32 Å². The monoisotopic (exact) mass is 348 g/mol. The highest BCUT2D eigenvalue weighted by Gasteiger charge is 2.29. The van der Waals surface area contributed by atoms with Crippen LogP contribution >= 0.6 is 0 Å². The molecule has 0 aliphatic carbocycles. The summed E-state index contributed by atoms with van der Waals surface area (Å²) in [6, 6.07) is 1.60. The van der Waals surface area contributed by atoms with Crippen LogP contribution in [0.25, 0.3) is 0 Å². The zero-order valence-electron chi connectivity index (χ0n) is 14.8. The summed E-state index contributed by atoms with van der Waals surface area (Å²) in [5, 5.41) is 11.2. The van der Waals surface area contributed by atoms with Crippen molar-refractivity contribution >= 4 is 5.91 Å². The third-order valence-electron chi connectivity index (χ3n) is 4.44. The first-order chi connectivity index (χ1) is 12.1. The Labute approximate surface area is 146 Å². The van der Waals surface area contributed by atoms with Gasteiger partial charge in [0.25, 0.3) is 5.91 Å². The molecular formula is C17H24N4O4. The van der Waals surface area contributed by atoms with E-state index in [0.29, 0.717) is 31.9 Å². The van der Waals surface area contributed by atoms with Gasteiger partial charge in [-0.25, -0.2) is 0 Å². The molecule has 2 atom stereocenters. The number of amides is 1. The van der Waals surface area contributed by atoms with E-state index in [4.69, 9.17) is 14.0 Å². The third-order valence-corrected chi connectivity index (χ3v) is 4.44. The molecule has 0 saturated carbocycles. The quantitative estimate of drug-likeness (QED) is 0.853. The summed E-state index contributed by atoms with van der Waals surface area (Å²) in [5.41, 5.74) is 2.18. The lowest BCUT2D eigenvalue weighted by molar-refractivity contribution is -0.0739. The number of aryl methyl sites for hydroxylation is 3. The van der Waals surface area contributed by atoms with Crippen LogP contribution in [0.1, 0.15) is 40.9 Å². The average Bonchev–Trinajstić information content (AvgIpc) is 3.22. The summed E-state index contributed by atoms with van der Waals surface area (Å²) in [4.78, 5) is 12.4. The highest BCUT2D eigenvalue weighted by atomic mass is 16.5. The van der Waals surface area contributed by atoms with Crippen molar-refractivity contribution < 1.29 is 18.8 Å². The number of aromatic nitrogens is 3. The molecule has 3 rings (SSSR count). The molecule has 1 N–H and O–H groups in total. The van der Waals surface area contributed by atoms with Crippen LogP contribution in [0.4, 0.5) is 0 Å². The molecule has 0 spiro atoms. The SMILES string of the molecule is CCn1ccc(C(=O)N[C@@H]2CCOC[C@H]2OCc2c(C)noc2C)n1. The van der Waals surface area contributed by atoms with Crippen molar-refractivity contribution in [3.63, 3.8) is 0 Å². The van der Waals surface area contributed by atoms with Gasteiger partial charge in [-0.05, 0) is 33.3 Å². The van der Waals surface area contributed by atoms with Gasteiger partial charge in [-0.15, -0.1) is 0 Å². The topological polar surface area (TPSA) is 91.4 Å². The molecule has 0 aromatic carbocycles. The first-order valence-corrected chi connectivity index (χ1v) is 8.54. The molecule has 0 bridgehead atoms. The summed E-state index contributed by atoms with van der Waals surface area (Å²) < 4.78 is 18.4. The molecule has 8 heteroatoms. The maximum Gasteiger partial charge on any atom is 0.272 e. The molecule has 1 fully saturated rings. The van der Waals surface area contributed by atoms with E-state index in [0.717, 1.165) is 23.6 Å². The smallest absolute Gasteiger partial charge is 0.272 e. The van der Waals surface area contributed by atoms with Crippen molar-refractivity contribution in [1.29, 1.82) is 0 Å². The number of carbonyl (C=O) groups excluding carboxylic acids is 1. The van der Waals surface area contributed by atoms with Gasteiger partial charge in [-0.3, -0.25) is 9.48 Å². The van der Waals surface area contributed by atoms with Gasteiger partial charge < -0.3 is 19.3 Å². The van der Waals surface area contributed by atoms with Gasteiger partial charge in [0.1, 0.15) is 17.6 Å². The lowest BCUT2D eigenvalue weighted by Gasteiger charge is -2.31. The molecule has 1 saturated heterocycles. The Hall–Kier alpha value is -2.19. The Morgan fingerprint density at radius 1 is 1.48 bits per heavy atom. The van der Waals surface area contributed by atoms with Crippen LogP contribution in [0.5, 0.6) is 0 Å². The third kappa shape index (κ3) is 4.08. The summed E-state index contributed by atoms with van der Waals surface area (Å²) in [6.45, 7) is 7.87. The van der Waals surface area contributed by atoms with E-state index >= 15 is 0 Å². The fourth-order valence-electron chi connectivity index (χ4n) is 2.84. The minimum atomic E-state index is -0.223. The Bertz CT molecular complexity index is 705. The van der Waals surface area contributed by atoms with Crippen LogP contribution in [0.2, 0.25) is 0 Å². The number of nitrogens with one attached hydrogen (secondary N) is 1. The zero-order chi connectivity index (χ0) is 17.8. The van der Waals surface area contributed by atoms with E-state index in [1.807, 2.05) is 20.8 Å². The van der Waals surface area contributed by atoms with Crippen LogP contribution in [0.3, 0.4) is 0 Å². The summed E-state index contributed by atoms with van der Waals surface area (Å²) in [5.74, 6) is 0.560. The average molecular weight is 348 g/mol. The van der Waals surface area contributed by atoms with E-state index in [1.54, 1.807) is 16.9 Å². The van der Waals surface area contributed by atoms with E-state index in [-0.39, 0.29) is 18.1 Å². The van der Waals surface area contributed by atoms with Crippen molar-refractivity contribution in [2.24, 2.45) is 0 Å². The first-order valence-electron chi connectivity index (χ1n) is 8.54. The lowest BCUT2D eigenvalue weighted by Crippen LogP contribution is -2.50. The first kappa shape index (κ1) is 17.6. The molecule has 2 aromatic heterocycles. The molecule has 136 valence electrons. The van der Waals surface area contributed by atoms with E-state index < -0.39 is 0 Å². The lowest BCUT2D eigenvalue weighted by atomic mass is 10.1. The predicted octanol–water partition coefficient (Wildman–Crippen LogP) is 1.61. The van der Waals surface area contributed by atoms with Gasteiger partial charge in [0.05, 0.1) is 24.9 Å². The second-order valence-electron chi connectivity index (χ2n) is 6.15. The Kier molecular flexibility index (Phi) is 5.50.